The Morgan fingerprint density at radius 3 is 2.25 bits per heavy atom. The first-order chi connectivity index (χ1) is 11.4. The molecule has 0 bridgehead atoms. The Morgan fingerprint density at radius 1 is 1.08 bits per heavy atom. The van der Waals surface area contributed by atoms with Crippen LogP contribution in [0.25, 0.3) is 0 Å². The smallest absolute Gasteiger partial charge is 0.227 e. The number of carbonyl (C=O) groups is 1. The van der Waals surface area contributed by atoms with Gasteiger partial charge in [-0.1, -0.05) is 42.1 Å². The summed E-state index contributed by atoms with van der Waals surface area (Å²) in [4.78, 5) is 14.8. The SMILES string of the molecule is O=C(Cc1c(Cl)cccc1Cl)N(C1CCCC1)[C@H]1CCS(=O)(=O)C1. The van der Waals surface area contributed by atoms with Crippen molar-refractivity contribution in [2.45, 2.75) is 50.6 Å². The molecular weight excluding hydrogens is 369 g/mol. The Kier molecular flexibility index (Phi) is 5.42. The minimum absolute atomic E-state index is 0.0704. The predicted molar refractivity (Wildman–Crippen MR) is 96.3 cm³/mol. The molecule has 1 aromatic rings. The van der Waals surface area contributed by atoms with E-state index in [0.29, 0.717) is 22.0 Å². The molecule has 0 N–H and O–H groups in total. The molecule has 1 heterocycles. The fourth-order valence-corrected chi connectivity index (χ4v) is 6.07. The van der Waals surface area contributed by atoms with Crippen molar-refractivity contribution in [3.05, 3.63) is 33.8 Å². The number of sulfone groups is 1. The van der Waals surface area contributed by atoms with E-state index in [-0.39, 0.29) is 35.9 Å². The number of benzene rings is 1. The first-order valence-corrected chi connectivity index (χ1v) is 10.9. The van der Waals surface area contributed by atoms with Crippen LogP contribution in [0.5, 0.6) is 0 Å². The maximum Gasteiger partial charge on any atom is 0.227 e. The van der Waals surface area contributed by atoms with E-state index in [1.165, 1.54) is 0 Å². The number of amides is 1. The molecule has 0 unspecified atom stereocenters. The molecule has 0 spiro atoms. The number of hydrogen-bond acceptors (Lipinski definition) is 3. The predicted octanol–water partition coefficient (Wildman–Crippen LogP) is 3.49. The summed E-state index contributed by atoms with van der Waals surface area (Å²) in [5.41, 5.74) is 0.620. The van der Waals surface area contributed by atoms with Crippen LogP contribution in [-0.2, 0) is 21.1 Å². The van der Waals surface area contributed by atoms with E-state index in [9.17, 15) is 13.2 Å². The van der Waals surface area contributed by atoms with Crippen molar-refractivity contribution in [1.82, 2.24) is 4.90 Å². The Morgan fingerprint density at radius 2 is 1.71 bits per heavy atom. The van der Waals surface area contributed by atoms with E-state index in [1.54, 1.807) is 18.2 Å². The standard InChI is InChI=1S/C17H21Cl2NO3S/c18-15-6-3-7-16(19)14(15)10-17(21)20(12-4-1-2-5-12)13-8-9-24(22,23)11-13/h3,6-7,12-13H,1-2,4-5,8-11H2/t13-/m0/s1. The fraction of sp³-hybridized carbons (Fsp3) is 0.588. The molecule has 0 radical (unpaired) electrons. The van der Waals surface area contributed by atoms with Crippen LogP contribution in [0.3, 0.4) is 0 Å². The van der Waals surface area contributed by atoms with E-state index in [1.807, 2.05) is 4.90 Å². The second-order valence-corrected chi connectivity index (χ2v) is 9.72. The molecule has 1 amide bonds. The van der Waals surface area contributed by atoms with Crippen LogP contribution in [0.4, 0.5) is 0 Å². The third-order valence-electron chi connectivity index (χ3n) is 5.00. The maximum atomic E-state index is 13.0. The highest BCUT2D eigenvalue weighted by Gasteiger charge is 2.39. The van der Waals surface area contributed by atoms with Crippen molar-refractivity contribution in [3.8, 4) is 0 Å². The van der Waals surface area contributed by atoms with Crippen LogP contribution in [0, 0.1) is 0 Å². The molecule has 1 aliphatic carbocycles. The molecular formula is C17H21Cl2NO3S. The van der Waals surface area contributed by atoms with Gasteiger partial charge in [0.2, 0.25) is 5.91 Å². The molecule has 2 fully saturated rings. The van der Waals surface area contributed by atoms with Gasteiger partial charge in [-0.3, -0.25) is 4.79 Å². The van der Waals surface area contributed by atoms with Crippen molar-refractivity contribution >= 4 is 38.9 Å². The molecule has 2 aliphatic rings. The van der Waals surface area contributed by atoms with Crippen LogP contribution in [-0.4, -0.2) is 42.8 Å². The Hall–Kier alpha value is -0.780. The van der Waals surface area contributed by atoms with Crippen LogP contribution in [0.2, 0.25) is 10.0 Å². The van der Waals surface area contributed by atoms with E-state index in [2.05, 4.69) is 0 Å². The fourth-order valence-electron chi connectivity index (χ4n) is 3.83. The number of carbonyl (C=O) groups excluding carboxylic acids is 1. The van der Waals surface area contributed by atoms with Crippen LogP contribution in [0.15, 0.2) is 18.2 Å². The number of halogens is 2. The second kappa shape index (κ2) is 7.22. The minimum Gasteiger partial charge on any atom is -0.335 e. The van der Waals surface area contributed by atoms with Gasteiger partial charge in [-0.25, -0.2) is 8.42 Å². The second-order valence-electron chi connectivity index (χ2n) is 6.67. The first kappa shape index (κ1) is 18.0. The van der Waals surface area contributed by atoms with Gasteiger partial charge in [0.25, 0.3) is 0 Å². The zero-order valence-electron chi connectivity index (χ0n) is 13.4. The van der Waals surface area contributed by atoms with Crippen molar-refractivity contribution in [3.63, 3.8) is 0 Å². The number of rotatable bonds is 4. The zero-order chi connectivity index (χ0) is 17.3. The minimum atomic E-state index is -3.04. The number of hydrogen-bond donors (Lipinski definition) is 0. The molecule has 1 aliphatic heterocycles. The molecule has 24 heavy (non-hydrogen) atoms. The van der Waals surface area contributed by atoms with Crippen molar-refractivity contribution in [2.75, 3.05) is 11.5 Å². The molecule has 3 rings (SSSR count). The molecule has 7 heteroatoms. The summed E-state index contributed by atoms with van der Waals surface area (Å²) >= 11 is 12.4. The summed E-state index contributed by atoms with van der Waals surface area (Å²) in [6.07, 6.45) is 4.70. The summed E-state index contributed by atoms with van der Waals surface area (Å²) in [5.74, 6) is 0.172. The molecule has 1 aromatic carbocycles. The summed E-state index contributed by atoms with van der Waals surface area (Å²) in [7, 11) is -3.04. The summed E-state index contributed by atoms with van der Waals surface area (Å²) in [6.45, 7) is 0. The van der Waals surface area contributed by atoms with Gasteiger partial charge < -0.3 is 4.90 Å². The highest BCUT2D eigenvalue weighted by Crippen LogP contribution is 2.31. The van der Waals surface area contributed by atoms with Crippen LogP contribution < -0.4 is 0 Å². The monoisotopic (exact) mass is 389 g/mol. The van der Waals surface area contributed by atoms with E-state index >= 15 is 0 Å². The average molecular weight is 390 g/mol. The number of nitrogens with zero attached hydrogens (tertiary/aromatic N) is 1. The normalized spacial score (nSPS) is 23.5. The summed E-state index contributed by atoms with van der Waals surface area (Å²) < 4.78 is 23.7. The summed E-state index contributed by atoms with van der Waals surface area (Å²) in [6, 6.07) is 5.10. The van der Waals surface area contributed by atoms with E-state index in [0.717, 1.165) is 25.7 Å². The molecule has 1 atom stereocenters. The topological polar surface area (TPSA) is 54.5 Å². The lowest BCUT2D eigenvalue weighted by molar-refractivity contribution is -0.134. The highest BCUT2D eigenvalue weighted by molar-refractivity contribution is 7.91. The Labute approximate surface area is 153 Å². The van der Waals surface area contributed by atoms with E-state index < -0.39 is 9.84 Å². The lowest BCUT2D eigenvalue weighted by Gasteiger charge is -2.34. The Bertz CT molecular complexity index is 709. The highest BCUT2D eigenvalue weighted by atomic mass is 35.5. The third-order valence-corrected chi connectivity index (χ3v) is 7.46. The summed E-state index contributed by atoms with van der Waals surface area (Å²) in [5, 5.41) is 0.947. The van der Waals surface area contributed by atoms with Crippen molar-refractivity contribution in [1.29, 1.82) is 0 Å². The van der Waals surface area contributed by atoms with Crippen molar-refractivity contribution < 1.29 is 13.2 Å². The maximum absolute atomic E-state index is 13.0. The van der Waals surface area contributed by atoms with E-state index in [4.69, 9.17) is 23.2 Å². The van der Waals surface area contributed by atoms with Gasteiger partial charge >= 0.3 is 0 Å². The van der Waals surface area contributed by atoms with Crippen LogP contribution in [0.1, 0.15) is 37.7 Å². The molecule has 1 saturated carbocycles. The quantitative estimate of drug-likeness (QED) is 0.791. The van der Waals surface area contributed by atoms with Crippen molar-refractivity contribution in [2.24, 2.45) is 0 Å². The van der Waals surface area contributed by atoms with Gasteiger partial charge in [0.1, 0.15) is 0 Å². The molecule has 1 saturated heterocycles. The van der Waals surface area contributed by atoms with Gasteiger partial charge in [0, 0.05) is 22.1 Å². The third kappa shape index (κ3) is 3.89. The van der Waals surface area contributed by atoms with Gasteiger partial charge in [0.05, 0.1) is 17.9 Å². The first-order valence-electron chi connectivity index (χ1n) is 8.32. The van der Waals surface area contributed by atoms with Gasteiger partial charge in [-0.2, -0.15) is 0 Å². The lowest BCUT2D eigenvalue weighted by atomic mass is 10.1. The average Bonchev–Trinajstić information content (AvgIpc) is 3.14. The largest absolute Gasteiger partial charge is 0.335 e. The molecule has 0 aromatic heterocycles. The molecule has 132 valence electrons. The van der Waals surface area contributed by atoms with Gasteiger partial charge in [0.15, 0.2) is 9.84 Å². The molecule has 4 nitrogen and oxygen atoms in total. The van der Waals surface area contributed by atoms with Gasteiger partial charge in [-0.15, -0.1) is 0 Å². The van der Waals surface area contributed by atoms with Crippen LogP contribution >= 0.6 is 23.2 Å². The van der Waals surface area contributed by atoms with Gasteiger partial charge in [-0.05, 0) is 37.0 Å². The zero-order valence-corrected chi connectivity index (χ0v) is 15.7. The Balaban J connectivity index is 1.84. The lowest BCUT2D eigenvalue weighted by Crippen LogP contribution is -2.47.